The van der Waals surface area contributed by atoms with Gasteiger partial charge in [0.2, 0.25) is 0 Å². The summed E-state index contributed by atoms with van der Waals surface area (Å²) in [5.41, 5.74) is 1.23. The molecule has 0 aliphatic heterocycles. The van der Waals surface area contributed by atoms with E-state index in [4.69, 9.17) is 4.74 Å². The van der Waals surface area contributed by atoms with Crippen molar-refractivity contribution < 1.29 is 9.53 Å². The molecule has 2 aromatic rings. The zero-order valence-electron chi connectivity index (χ0n) is 9.59. The fourth-order valence-corrected chi connectivity index (χ4v) is 1.53. The van der Waals surface area contributed by atoms with Crippen molar-refractivity contribution in [2.45, 2.75) is 6.92 Å². The van der Waals surface area contributed by atoms with Gasteiger partial charge in [-0.25, -0.2) is 0 Å². The first-order valence-corrected chi connectivity index (χ1v) is 5.49. The highest BCUT2D eigenvalue weighted by Gasteiger charge is 2.08. The van der Waals surface area contributed by atoms with E-state index >= 15 is 0 Å². The summed E-state index contributed by atoms with van der Waals surface area (Å²) in [6.07, 6.45) is 3.22. The maximum absolute atomic E-state index is 12.0. The summed E-state index contributed by atoms with van der Waals surface area (Å²) in [4.78, 5) is 16.0. The zero-order valence-corrected chi connectivity index (χ0v) is 9.59. The molecule has 1 aromatic heterocycles. The Hall–Kier alpha value is -2.16. The Balaban J connectivity index is 2.20. The summed E-state index contributed by atoms with van der Waals surface area (Å²) >= 11 is 0. The van der Waals surface area contributed by atoms with Crippen LogP contribution in [0.4, 0.5) is 0 Å². The molecule has 0 atom stereocenters. The smallest absolute Gasteiger partial charge is 0.194 e. The molecule has 0 bridgehead atoms. The van der Waals surface area contributed by atoms with Crippen LogP contribution in [0.1, 0.15) is 22.8 Å². The molecule has 0 aliphatic carbocycles. The largest absolute Gasteiger partial charge is 0.494 e. The number of aromatic nitrogens is 1. The number of rotatable bonds is 4. The van der Waals surface area contributed by atoms with Crippen LogP contribution in [0.2, 0.25) is 0 Å². The predicted octanol–water partition coefficient (Wildman–Crippen LogP) is 2.71. The van der Waals surface area contributed by atoms with Gasteiger partial charge in [0.05, 0.1) is 6.61 Å². The maximum atomic E-state index is 12.0. The second kappa shape index (κ2) is 5.25. The highest BCUT2D eigenvalue weighted by molar-refractivity contribution is 6.08. The average Bonchev–Trinajstić information content (AvgIpc) is 2.40. The molecule has 2 rings (SSSR count). The Morgan fingerprint density at radius 2 is 1.94 bits per heavy atom. The molecule has 0 saturated heterocycles. The zero-order chi connectivity index (χ0) is 12.1. The van der Waals surface area contributed by atoms with Crippen molar-refractivity contribution in [3.63, 3.8) is 0 Å². The predicted molar refractivity (Wildman–Crippen MR) is 65.3 cm³/mol. The van der Waals surface area contributed by atoms with Crippen LogP contribution in [0.3, 0.4) is 0 Å². The third kappa shape index (κ3) is 2.69. The van der Waals surface area contributed by atoms with Crippen molar-refractivity contribution in [1.29, 1.82) is 0 Å². The molecule has 0 radical (unpaired) electrons. The number of ketones is 1. The first kappa shape index (κ1) is 11.3. The number of carbonyl (C=O) groups is 1. The van der Waals surface area contributed by atoms with Crippen molar-refractivity contribution in [2.75, 3.05) is 6.61 Å². The number of benzene rings is 1. The summed E-state index contributed by atoms with van der Waals surface area (Å²) in [5.74, 6) is 0.747. The summed E-state index contributed by atoms with van der Waals surface area (Å²) in [6, 6.07) is 10.6. The highest BCUT2D eigenvalue weighted by atomic mass is 16.5. The monoisotopic (exact) mass is 227 g/mol. The van der Waals surface area contributed by atoms with Crippen LogP contribution in [0, 0.1) is 0 Å². The summed E-state index contributed by atoms with van der Waals surface area (Å²) in [6.45, 7) is 2.55. The topological polar surface area (TPSA) is 39.2 Å². The van der Waals surface area contributed by atoms with Gasteiger partial charge >= 0.3 is 0 Å². The van der Waals surface area contributed by atoms with Crippen LogP contribution in [-0.4, -0.2) is 17.4 Å². The summed E-state index contributed by atoms with van der Waals surface area (Å²) < 4.78 is 5.32. The van der Waals surface area contributed by atoms with Crippen molar-refractivity contribution in [1.82, 2.24) is 4.98 Å². The van der Waals surface area contributed by atoms with Gasteiger partial charge in [-0.1, -0.05) is 0 Å². The van der Waals surface area contributed by atoms with Crippen LogP contribution in [-0.2, 0) is 0 Å². The van der Waals surface area contributed by atoms with Gasteiger partial charge in [-0.05, 0) is 43.3 Å². The lowest BCUT2D eigenvalue weighted by Gasteiger charge is -2.04. The Morgan fingerprint density at radius 1 is 1.18 bits per heavy atom. The molecule has 0 unspecified atom stereocenters. The van der Waals surface area contributed by atoms with Gasteiger partial charge in [0, 0.05) is 23.5 Å². The molecule has 0 amide bonds. The number of hydrogen-bond donors (Lipinski definition) is 0. The minimum absolute atomic E-state index is 0.0267. The Labute approximate surface area is 100 Å². The molecule has 0 saturated carbocycles. The maximum Gasteiger partial charge on any atom is 0.194 e. The molecular formula is C14H13NO2. The van der Waals surface area contributed by atoms with E-state index in [0.717, 1.165) is 5.75 Å². The lowest BCUT2D eigenvalue weighted by atomic mass is 10.1. The average molecular weight is 227 g/mol. The standard InChI is InChI=1S/C14H13NO2/c1-2-17-13-7-5-11(6-8-13)14(16)12-4-3-9-15-10-12/h3-10H,2H2,1H3. The number of carbonyl (C=O) groups excluding carboxylic acids is 1. The molecular weight excluding hydrogens is 214 g/mol. The highest BCUT2D eigenvalue weighted by Crippen LogP contribution is 2.14. The first-order valence-electron chi connectivity index (χ1n) is 5.49. The van der Waals surface area contributed by atoms with Crippen LogP contribution < -0.4 is 4.74 Å². The third-order valence-corrected chi connectivity index (χ3v) is 2.35. The Bertz CT molecular complexity index is 491. The van der Waals surface area contributed by atoms with E-state index in [-0.39, 0.29) is 5.78 Å². The minimum Gasteiger partial charge on any atom is -0.494 e. The second-order valence-electron chi connectivity index (χ2n) is 3.53. The van der Waals surface area contributed by atoms with Crippen molar-refractivity contribution in [3.8, 4) is 5.75 Å². The van der Waals surface area contributed by atoms with Gasteiger partial charge in [-0.15, -0.1) is 0 Å². The molecule has 3 nitrogen and oxygen atoms in total. The van der Waals surface area contributed by atoms with E-state index in [0.29, 0.717) is 17.7 Å². The molecule has 0 spiro atoms. The SMILES string of the molecule is CCOc1ccc(C(=O)c2cccnc2)cc1. The quantitative estimate of drug-likeness (QED) is 0.754. The van der Waals surface area contributed by atoms with Crippen LogP contribution in [0.5, 0.6) is 5.75 Å². The molecule has 0 aliphatic rings. The van der Waals surface area contributed by atoms with Crippen molar-refractivity contribution >= 4 is 5.78 Å². The van der Waals surface area contributed by atoms with Gasteiger partial charge in [-0.2, -0.15) is 0 Å². The molecule has 1 heterocycles. The number of ether oxygens (including phenoxy) is 1. The van der Waals surface area contributed by atoms with Gasteiger partial charge in [0.25, 0.3) is 0 Å². The van der Waals surface area contributed by atoms with E-state index in [1.54, 1.807) is 48.8 Å². The van der Waals surface area contributed by atoms with Gasteiger partial charge < -0.3 is 4.74 Å². The first-order chi connectivity index (χ1) is 8.31. The third-order valence-electron chi connectivity index (χ3n) is 2.35. The van der Waals surface area contributed by atoms with E-state index in [2.05, 4.69) is 4.98 Å². The fourth-order valence-electron chi connectivity index (χ4n) is 1.53. The number of hydrogen-bond acceptors (Lipinski definition) is 3. The fraction of sp³-hybridized carbons (Fsp3) is 0.143. The summed E-state index contributed by atoms with van der Waals surface area (Å²) in [5, 5.41) is 0. The van der Waals surface area contributed by atoms with E-state index in [9.17, 15) is 4.79 Å². The normalized spacial score (nSPS) is 9.94. The lowest BCUT2D eigenvalue weighted by Crippen LogP contribution is -2.01. The minimum atomic E-state index is -0.0267. The summed E-state index contributed by atoms with van der Waals surface area (Å²) in [7, 11) is 0. The molecule has 3 heteroatoms. The van der Waals surface area contributed by atoms with E-state index < -0.39 is 0 Å². The Kier molecular flexibility index (Phi) is 3.50. The van der Waals surface area contributed by atoms with Crippen molar-refractivity contribution in [2.24, 2.45) is 0 Å². The second-order valence-corrected chi connectivity index (χ2v) is 3.53. The van der Waals surface area contributed by atoms with Crippen LogP contribution in [0.15, 0.2) is 48.8 Å². The van der Waals surface area contributed by atoms with Crippen molar-refractivity contribution in [3.05, 3.63) is 59.9 Å². The van der Waals surface area contributed by atoms with Gasteiger partial charge in [0.15, 0.2) is 5.78 Å². The number of nitrogens with zero attached hydrogens (tertiary/aromatic N) is 1. The molecule has 0 fully saturated rings. The molecule has 86 valence electrons. The Morgan fingerprint density at radius 3 is 2.53 bits per heavy atom. The molecule has 1 aromatic carbocycles. The lowest BCUT2D eigenvalue weighted by molar-refractivity contribution is 0.103. The van der Waals surface area contributed by atoms with E-state index in [1.165, 1.54) is 0 Å². The van der Waals surface area contributed by atoms with Gasteiger partial charge in [-0.3, -0.25) is 9.78 Å². The van der Waals surface area contributed by atoms with E-state index in [1.807, 2.05) is 6.92 Å². The molecule has 17 heavy (non-hydrogen) atoms. The van der Waals surface area contributed by atoms with Gasteiger partial charge in [0.1, 0.15) is 5.75 Å². The van der Waals surface area contributed by atoms with Crippen LogP contribution >= 0.6 is 0 Å². The molecule has 0 N–H and O–H groups in total. The van der Waals surface area contributed by atoms with Crippen LogP contribution in [0.25, 0.3) is 0 Å². The number of pyridine rings is 1.